The molecule has 0 aromatic heterocycles. The monoisotopic (exact) mass is 200 g/mol. The zero-order chi connectivity index (χ0) is 10.4. The van der Waals surface area contributed by atoms with Crippen LogP contribution in [0.5, 0.6) is 0 Å². The number of methoxy groups -OCH3 is 1. The first-order valence-corrected chi connectivity index (χ1v) is 4.79. The summed E-state index contributed by atoms with van der Waals surface area (Å²) in [7, 11) is 1.33. The second-order valence-corrected chi connectivity index (χ2v) is 3.33. The molecule has 0 radical (unpaired) electrons. The van der Waals surface area contributed by atoms with Crippen LogP contribution in [-0.2, 0) is 14.3 Å². The molecule has 0 aliphatic heterocycles. The summed E-state index contributed by atoms with van der Waals surface area (Å²) in [5.41, 5.74) is 0. The van der Waals surface area contributed by atoms with Gasteiger partial charge in [0.1, 0.15) is 0 Å². The molecular weight excluding hydrogens is 184 g/mol. The van der Waals surface area contributed by atoms with Crippen molar-refractivity contribution < 1.29 is 14.3 Å². The summed E-state index contributed by atoms with van der Waals surface area (Å²) in [6, 6.07) is 0.529. The van der Waals surface area contributed by atoms with E-state index in [1.165, 1.54) is 7.11 Å². The molecular formula is C9H16N2O3. The highest BCUT2D eigenvalue weighted by Crippen LogP contribution is 2.17. The van der Waals surface area contributed by atoms with Crippen molar-refractivity contribution in [2.24, 2.45) is 0 Å². The van der Waals surface area contributed by atoms with Gasteiger partial charge < -0.3 is 15.4 Å². The van der Waals surface area contributed by atoms with E-state index in [0.717, 1.165) is 12.8 Å². The molecule has 0 saturated heterocycles. The molecule has 5 heteroatoms. The summed E-state index contributed by atoms with van der Waals surface area (Å²) < 4.78 is 4.43. The Labute approximate surface area is 83.2 Å². The van der Waals surface area contributed by atoms with E-state index in [1.54, 1.807) is 0 Å². The van der Waals surface area contributed by atoms with Gasteiger partial charge in [0.2, 0.25) is 5.91 Å². The first kappa shape index (κ1) is 11.0. The van der Waals surface area contributed by atoms with Crippen LogP contribution in [0, 0.1) is 0 Å². The van der Waals surface area contributed by atoms with Crippen LogP contribution in [0.15, 0.2) is 0 Å². The molecule has 80 valence electrons. The van der Waals surface area contributed by atoms with E-state index >= 15 is 0 Å². The summed E-state index contributed by atoms with van der Waals surface area (Å²) in [5, 5.41) is 5.71. The minimum atomic E-state index is -0.305. The van der Waals surface area contributed by atoms with E-state index in [1.807, 2.05) is 0 Å². The Kier molecular flexibility index (Phi) is 4.39. The molecule has 0 heterocycles. The number of nitrogens with one attached hydrogen (secondary N) is 2. The number of ether oxygens (including phenoxy) is 1. The number of carbonyl (C=O) groups is 2. The van der Waals surface area contributed by atoms with Crippen molar-refractivity contribution >= 4 is 11.9 Å². The third-order valence-electron chi connectivity index (χ3n) is 2.01. The Bertz CT molecular complexity index is 214. The number of amides is 1. The quantitative estimate of drug-likeness (QED) is 0.563. The van der Waals surface area contributed by atoms with E-state index in [4.69, 9.17) is 0 Å². The third kappa shape index (κ3) is 4.81. The Morgan fingerprint density at radius 2 is 2.14 bits per heavy atom. The highest BCUT2D eigenvalue weighted by molar-refractivity contribution is 5.78. The van der Waals surface area contributed by atoms with Crippen molar-refractivity contribution in [3.05, 3.63) is 0 Å². The molecule has 0 bridgehead atoms. The lowest BCUT2D eigenvalue weighted by Gasteiger charge is -2.04. The van der Waals surface area contributed by atoms with Crippen LogP contribution in [-0.4, -0.2) is 38.1 Å². The van der Waals surface area contributed by atoms with E-state index in [9.17, 15) is 9.59 Å². The summed E-state index contributed by atoms with van der Waals surface area (Å²) >= 11 is 0. The number of rotatable bonds is 6. The largest absolute Gasteiger partial charge is 0.469 e. The Balaban J connectivity index is 1.93. The van der Waals surface area contributed by atoms with Crippen molar-refractivity contribution in [2.75, 3.05) is 20.2 Å². The fraction of sp³-hybridized carbons (Fsp3) is 0.778. The lowest BCUT2D eigenvalue weighted by Crippen LogP contribution is -2.35. The smallest absolute Gasteiger partial charge is 0.307 e. The van der Waals surface area contributed by atoms with Crippen LogP contribution in [0.2, 0.25) is 0 Å². The topological polar surface area (TPSA) is 67.4 Å². The van der Waals surface area contributed by atoms with Gasteiger partial charge in [-0.05, 0) is 12.8 Å². The second-order valence-electron chi connectivity index (χ2n) is 3.33. The molecule has 0 aromatic carbocycles. The SMILES string of the molecule is COC(=O)CCNC(=O)CNC1CC1. The van der Waals surface area contributed by atoms with Gasteiger partial charge >= 0.3 is 5.97 Å². The van der Waals surface area contributed by atoms with Crippen LogP contribution >= 0.6 is 0 Å². The lowest BCUT2D eigenvalue weighted by molar-refractivity contribution is -0.140. The maximum atomic E-state index is 11.1. The predicted molar refractivity (Wildman–Crippen MR) is 50.7 cm³/mol. The molecule has 0 aromatic rings. The fourth-order valence-electron chi connectivity index (χ4n) is 0.993. The van der Waals surface area contributed by atoms with Gasteiger partial charge in [-0.2, -0.15) is 0 Å². The fourth-order valence-corrected chi connectivity index (χ4v) is 0.993. The van der Waals surface area contributed by atoms with Gasteiger partial charge in [-0.15, -0.1) is 0 Å². The molecule has 1 aliphatic rings. The van der Waals surface area contributed by atoms with E-state index in [-0.39, 0.29) is 18.3 Å². The third-order valence-corrected chi connectivity index (χ3v) is 2.01. The average Bonchev–Trinajstić information content (AvgIpc) is 2.98. The molecule has 0 spiro atoms. The molecule has 2 N–H and O–H groups in total. The number of hydrogen-bond donors (Lipinski definition) is 2. The summed E-state index contributed by atoms with van der Waals surface area (Å²) in [5.74, 6) is -0.374. The van der Waals surface area contributed by atoms with Crippen LogP contribution < -0.4 is 10.6 Å². The van der Waals surface area contributed by atoms with E-state index in [0.29, 0.717) is 19.1 Å². The van der Waals surface area contributed by atoms with Crippen LogP contribution in [0.3, 0.4) is 0 Å². The van der Waals surface area contributed by atoms with Crippen molar-refractivity contribution in [1.82, 2.24) is 10.6 Å². The first-order chi connectivity index (χ1) is 6.72. The number of carbonyl (C=O) groups excluding carboxylic acids is 2. The van der Waals surface area contributed by atoms with Gasteiger partial charge in [0, 0.05) is 12.6 Å². The molecule has 1 aliphatic carbocycles. The van der Waals surface area contributed by atoms with Crippen molar-refractivity contribution in [2.45, 2.75) is 25.3 Å². The number of hydrogen-bond acceptors (Lipinski definition) is 4. The number of esters is 1. The molecule has 1 amide bonds. The van der Waals surface area contributed by atoms with Crippen molar-refractivity contribution in [3.8, 4) is 0 Å². The minimum absolute atomic E-state index is 0.0687. The molecule has 0 unspecified atom stereocenters. The lowest BCUT2D eigenvalue weighted by atomic mass is 10.4. The van der Waals surface area contributed by atoms with Gasteiger partial charge in [-0.3, -0.25) is 9.59 Å². The zero-order valence-corrected chi connectivity index (χ0v) is 8.34. The van der Waals surface area contributed by atoms with Gasteiger partial charge in [0.05, 0.1) is 20.1 Å². The maximum absolute atomic E-state index is 11.1. The minimum Gasteiger partial charge on any atom is -0.469 e. The second kappa shape index (κ2) is 5.59. The molecule has 1 saturated carbocycles. The summed E-state index contributed by atoms with van der Waals surface area (Å²) in [4.78, 5) is 21.8. The Morgan fingerprint density at radius 1 is 1.43 bits per heavy atom. The molecule has 14 heavy (non-hydrogen) atoms. The Hall–Kier alpha value is -1.10. The standard InChI is InChI=1S/C9H16N2O3/c1-14-9(13)4-5-10-8(12)6-11-7-2-3-7/h7,11H,2-6H2,1H3,(H,10,12). The first-order valence-electron chi connectivity index (χ1n) is 4.79. The molecule has 1 rings (SSSR count). The van der Waals surface area contributed by atoms with Crippen LogP contribution in [0.4, 0.5) is 0 Å². The molecule has 0 atom stereocenters. The zero-order valence-electron chi connectivity index (χ0n) is 8.34. The van der Waals surface area contributed by atoms with Gasteiger partial charge in [0.15, 0.2) is 0 Å². The normalized spacial score (nSPS) is 14.9. The predicted octanol–water partition coefficient (Wildman–Crippen LogP) is -0.582. The highest BCUT2D eigenvalue weighted by atomic mass is 16.5. The van der Waals surface area contributed by atoms with Crippen LogP contribution in [0.1, 0.15) is 19.3 Å². The van der Waals surface area contributed by atoms with Gasteiger partial charge in [-0.1, -0.05) is 0 Å². The Morgan fingerprint density at radius 3 is 2.71 bits per heavy atom. The van der Waals surface area contributed by atoms with Gasteiger partial charge in [0.25, 0.3) is 0 Å². The van der Waals surface area contributed by atoms with E-state index in [2.05, 4.69) is 15.4 Å². The average molecular weight is 200 g/mol. The molecule has 5 nitrogen and oxygen atoms in total. The highest BCUT2D eigenvalue weighted by Gasteiger charge is 2.20. The van der Waals surface area contributed by atoms with Crippen molar-refractivity contribution in [3.63, 3.8) is 0 Å². The van der Waals surface area contributed by atoms with Gasteiger partial charge in [-0.25, -0.2) is 0 Å². The molecule has 1 fully saturated rings. The van der Waals surface area contributed by atoms with E-state index < -0.39 is 0 Å². The summed E-state index contributed by atoms with van der Waals surface area (Å²) in [6.45, 7) is 0.684. The van der Waals surface area contributed by atoms with Crippen molar-refractivity contribution in [1.29, 1.82) is 0 Å². The maximum Gasteiger partial charge on any atom is 0.307 e. The summed E-state index contributed by atoms with van der Waals surface area (Å²) in [6.07, 6.45) is 2.55. The van der Waals surface area contributed by atoms with Crippen LogP contribution in [0.25, 0.3) is 0 Å².